The summed E-state index contributed by atoms with van der Waals surface area (Å²) in [4.78, 5) is 37.5. The zero-order valence-electron chi connectivity index (χ0n) is 17.2. The topological polar surface area (TPSA) is 99.1 Å². The molecule has 4 fully saturated rings. The van der Waals surface area contributed by atoms with Crippen LogP contribution in [0, 0.1) is 47.3 Å². The molecule has 1 aliphatic heterocycles. The van der Waals surface area contributed by atoms with Gasteiger partial charge in [-0.25, -0.2) is 0 Å². The van der Waals surface area contributed by atoms with Crippen LogP contribution in [0.3, 0.4) is 0 Å². The first-order valence-electron chi connectivity index (χ1n) is 11.1. The second kappa shape index (κ2) is 8.25. The average molecular weight is 408 g/mol. The standard InChI is InChI=1S/C22H32O7/c1-3-11-7-12(4-2)18-15-9-14(17(11)18)19(21(25)27-6-5-23)20(15)22(26)29-13-8-16(24)28-10-13/h11-15,17-20,23H,3-10H2,1-2H3. The van der Waals surface area contributed by atoms with Crippen LogP contribution in [0.15, 0.2) is 0 Å². The third-order valence-electron chi connectivity index (χ3n) is 8.02. The average Bonchev–Trinajstić information content (AvgIpc) is 3.45. The van der Waals surface area contributed by atoms with Crippen molar-refractivity contribution in [2.24, 2.45) is 47.3 Å². The Morgan fingerprint density at radius 3 is 2.17 bits per heavy atom. The monoisotopic (exact) mass is 408 g/mol. The molecule has 7 heteroatoms. The molecule has 9 atom stereocenters. The van der Waals surface area contributed by atoms with Crippen LogP contribution >= 0.6 is 0 Å². The fourth-order valence-corrected chi connectivity index (χ4v) is 7.11. The number of aliphatic hydroxyl groups excluding tert-OH is 1. The van der Waals surface area contributed by atoms with Gasteiger partial charge in [-0.15, -0.1) is 0 Å². The van der Waals surface area contributed by atoms with Gasteiger partial charge in [0.15, 0.2) is 0 Å². The van der Waals surface area contributed by atoms with Crippen molar-refractivity contribution in [3.63, 3.8) is 0 Å². The number of cyclic esters (lactones) is 1. The molecule has 4 aliphatic rings. The van der Waals surface area contributed by atoms with E-state index < -0.39 is 17.9 Å². The van der Waals surface area contributed by atoms with Crippen LogP contribution in [-0.4, -0.2) is 48.9 Å². The van der Waals surface area contributed by atoms with Crippen LogP contribution in [0.4, 0.5) is 0 Å². The lowest BCUT2D eigenvalue weighted by Crippen LogP contribution is -2.45. The first-order chi connectivity index (χ1) is 14.0. The summed E-state index contributed by atoms with van der Waals surface area (Å²) in [5, 5.41) is 9.06. The number of fused-ring (bicyclic) bond motifs is 5. The first-order valence-corrected chi connectivity index (χ1v) is 11.1. The van der Waals surface area contributed by atoms with Crippen molar-refractivity contribution in [1.82, 2.24) is 0 Å². The highest BCUT2D eigenvalue weighted by Crippen LogP contribution is 2.67. The molecule has 1 heterocycles. The maximum Gasteiger partial charge on any atom is 0.310 e. The van der Waals surface area contributed by atoms with Crippen LogP contribution in [0.25, 0.3) is 0 Å². The molecule has 7 nitrogen and oxygen atoms in total. The Balaban J connectivity index is 1.58. The van der Waals surface area contributed by atoms with E-state index in [0.717, 1.165) is 19.3 Å². The molecule has 29 heavy (non-hydrogen) atoms. The quantitative estimate of drug-likeness (QED) is 0.508. The third kappa shape index (κ3) is 3.45. The summed E-state index contributed by atoms with van der Waals surface area (Å²) in [6, 6.07) is 0. The summed E-state index contributed by atoms with van der Waals surface area (Å²) in [5.74, 6) is 0.184. The summed E-state index contributed by atoms with van der Waals surface area (Å²) in [6.45, 7) is 4.24. The van der Waals surface area contributed by atoms with Crippen LogP contribution < -0.4 is 0 Å². The van der Waals surface area contributed by atoms with Gasteiger partial charge in [0.25, 0.3) is 0 Å². The Kier molecular flexibility index (Phi) is 5.87. The summed E-state index contributed by atoms with van der Waals surface area (Å²) < 4.78 is 15.8. The molecule has 3 aliphatic carbocycles. The highest BCUT2D eigenvalue weighted by atomic mass is 16.6. The highest BCUT2D eigenvalue weighted by Gasteiger charge is 2.67. The smallest absolute Gasteiger partial charge is 0.310 e. The van der Waals surface area contributed by atoms with E-state index in [9.17, 15) is 14.4 Å². The molecule has 9 unspecified atom stereocenters. The summed E-state index contributed by atoms with van der Waals surface area (Å²) in [7, 11) is 0. The van der Waals surface area contributed by atoms with E-state index in [1.54, 1.807) is 0 Å². The number of rotatable bonds is 7. The molecule has 0 radical (unpaired) electrons. The predicted octanol–water partition coefficient (Wildman–Crippen LogP) is 1.95. The molecule has 162 valence electrons. The molecule has 4 rings (SSSR count). The van der Waals surface area contributed by atoms with Crippen molar-refractivity contribution in [3.05, 3.63) is 0 Å². The number of ether oxygens (including phenoxy) is 3. The van der Waals surface area contributed by atoms with Crippen molar-refractivity contribution in [3.8, 4) is 0 Å². The van der Waals surface area contributed by atoms with Crippen molar-refractivity contribution < 1.29 is 33.7 Å². The van der Waals surface area contributed by atoms with Gasteiger partial charge in [-0.1, -0.05) is 26.7 Å². The van der Waals surface area contributed by atoms with Gasteiger partial charge < -0.3 is 19.3 Å². The predicted molar refractivity (Wildman–Crippen MR) is 101 cm³/mol. The molecular weight excluding hydrogens is 376 g/mol. The number of hydrogen-bond acceptors (Lipinski definition) is 7. The lowest BCUT2D eigenvalue weighted by atomic mass is 9.65. The molecule has 1 saturated heterocycles. The van der Waals surface area contributed by atoms with Gasteiger partial charge in [0.2, 0.25) is 0 Å². The van der Waals surface area contributed by atoms with Crippen LogP contribution in [0.5, 0.6) is 0 Å². The van der Waals surface area contributed by atoms with E-state index in [4.69, 9.17) is 19.3 Å². The highest BCUT2D eigenvalue weighted by molar-refractivity contribution is 5.84. The Bertz CT molecular complexity index is 662. The number of aliphatic hydroxyl groups is 1. The van der Waals surface area contributed by atoms with E-state index in [1.165, 1.54) is 6.42 Å². The SMILES string of the molecule is CCC1CC(CC)C2C3CC(C(C(=O)OCCO)C3C(=O)OC3COC(=O)C3)C12. The van der Waals surface area contributed by atoms with Crippen LogP contribution in [0.2, 0.25) is 0 Å². The van der Waals surface area contributed by atoms with E-state index >= 15 is 0 Å². The van der Waals surface area contributed by atoms with Crippen molar-refractivity contribution >= 4 is 17.9 Å². The van der Waals surface area contributed by atoms with Gasteiger partial charge >= 0.3 is 17.9 Å². The molecular formula is C22H32O7. The normalized spacial score (nSPS) is 42.6. The molecule has 0 aromatic carbocycles. The number of carbonyl (C=O) groups is 3. The van der Waals surface area contributed by atoms with E-state index in [0.29, 0.717) is 23.7 Å². The minimum Gasteiger partial charge on any atom is -0.463 e. The lowest BCUT2D eigenvalue weighted by molar-refractivity contribution is -0.170. The van der Waals surface area contributed by atoms with Gasteiger partial charge in [0.05, 0.1) is 24.9 Å². The molecule has 1 N–H and O–H groups in total. The second-order valence-corrected chi connectivity index (χ2v) is 9.18. The van der Waals surface area contributed by atoms with Crippen LogP contribution in [-0.2, 0) is 28.6 Å². The summed E-state index contributed by atoms with van der Waals surface area (Å²) in [6.07, 6.45) is 3.73. The minimum atomic E-state index is -0.562. The third-order valence-corrected chi connectivity index (χ3v) is 8.02. The lowest BCUT2D eigenvalue weighted by Gasteiger charge is -2.39. The van der Waals surface area contributed by atoms with Gasteiger partial charge in [-0.3, -0.25) is 14.4 Å². The van der Waals surface area contributed by atoms with Gasteiger partial charge in [0, 0.05) is 0 Å². The number of carbonyl (C=O) groups excluding carboxylic acids is 3. The molecule has 0 aromatic heterocycles. The number of esters is 3. The zero-order chi connectivity index (χ0) is 20.7. The van der Waals surface area contributed by atoms with E-state index in [1.807, 2.05) is 0 Å². The maximum atomic E-state index is 13.2. The second-order valence-electron chi connectivity index (χ2n) is 9.18. The Labute approximate surface area is 171 Å². The molecule has 0 spiro atoms. The van der Waals surface area contributed by atoms with Crippen LogP contribution in [0.1, 0.15) is 46.0 Å². The summed E-state index contributed by atoms with van der Waals surface area (Å²) in [5.41, 5.74) is 0. The maximum absolute atomic E-state index is 13.2. The fourth-order valence-electron chi connectivity index (χ4n) is 7.11. The van der Waals surface area contributed by atoms with Crippen molar-refractivity contribution in [2.75, 3.05) is 19.8 Å². The molecule has 2 bridgehead atoms. The Morgan fingerprint density at radius 2 is 1.66 bits per heavy atom. The first kappa shape index (κ1) is 20.6. The van der Waals surface area contributed by atoms with Gasteiger partial charge in [-0.2, -0.15) is 0 Å². The molecule has 0 aromatic rings. The number of hydrogen-bond donors (Lipinski definition) is 1. The van der Waals surface area contributed by atoms with Crippen molar-refractivity contribution in [1.29, 1.82) is 0 Å². The van der Waals surface area contributed by atoms with E-state index in [-0.39, 0.29) is 56.0 Å². The zero-order valence-corrected chi connectivity index (χ0v) is 17.2. The Hall–Kier alpha value is -1.63. The van der Waals surface area contributed by atoms with Crippen molar-refractivity contribution in [2.45, 2.75) is 52.1 Å². The minimum absolute atomic E-state index is 0.0532. The fraction of sp³-hybridized carbons (Fsp3) is 0.864. The summed E-state index contributed by atoms with van der Waals surface area (Å²) >= 11 is 0. The van der Waals surface area contributed by atoms with Gasteiger partial charge in [-0.05, 0) is 48.3 Å². The van der Waals surface area contributed by atoms with E-state index in [2.05, 4.69) is 13.8 Å². The molecule has 0 amide bonds. The largest absolute Gasteiger partial charge is 0.463 e. The van der Waals surface area contributed by atoms with Gasteiger partial charge in [0.1, 0.15) is 19.3 Å². The Morgan fingerprint density at radius 1 is 1.03 bits per heavy atom. The molecule has 3 saturated carbocycles.